The SMILES string of the molecule is COOOSCS(=O)(=O)Oc1ccc(SCCC(=O)OC2(C)C3CC4CC(C3)CC2C4)cc1. The first kappa shape index (κ1) is 25.1. The van der Waals surface area contributed by atoms with Crippen LogP contribution >= 0.6 is 23.8 Å². The van der Waals surface area contributed by atoms with Gasteiger partial charge in [0.15, 0.2) is 5.08 Å². The molecule has 0 saturated heterocycles. The van der Waals surface area contributed by atoms with Gasteiger partial charge in [-0.15, -0.1) is 16.1 Å². The lowest BCUT2D eigenvalue weighted by Gasteiger charge is -2.59. The highest BCUT2D eigenvalue weighted by atomic mass is 32.3. The molecule has 5 rings (SSSR count). The van der Waals surface area contributed by atoms with Gasteiger partial charge in [0.1, 0.15) is 11.4 Å². The molecule has 0 atom stereocenters. The van der Waals surface area contributed by atoms with E-state index in [-0.39, 0.29) is 17.3 Å². The summed E-state index contributed by atoms with van der Waals surface area (Å²) in [5.74, 6) is 3.39. The van der Waals surface area contributed by atoms with Gasteiger partial charge >= 0.3 is 16.1 Å². The molecule has 0 aliphatic heterocycles. The number of rotatable bonds is 12. The van der Waals surface area contributed by atoms with E-state index in [1.165, 1.54) is 51.0 Å². The summed E-state index contributed by atoms with van der Waals surface area (Å²) < 4.78 is 39.3. The molecule has 0 aromatic heterocycles. The van der Waals surface area contributed by atoms with Gasteiger partial charge in [0.05, 0.1) is 25.6 Å². The van der Waals surface area contributed by atoms with Crippen LogP contribution in [0.1, 0.15) is 45.4 Å². The summed E-state index contributed by atoms with van der Waals surface area (Å²) in [5, 5.41) is 3.67. The molecular formula is C22H30O8S3. The second-order valence-electron chi connectivity index (χ2n) is 9.21. The minimum atomic E-state index is -3.85. The maximum Gasteiger partial charge on any atom is 0.321 e. The Labute approximate surface area is 203 Å². The zero-order chi connectivity index (χ0) is 23.5. The molecule has 33 heavy (non-hydrogen) atoms. The standard InChI is InChI=1S/C22H30O8S3/c1-22(17-10-15-9-16(12-17)13-18(22)11-15)27-21(23)7-8-31-20-5-3-19(4-6-20)28-33(24,25)14-32-30-29-26-2/h3-6,15-18H,7-14H2,1-2H3. The van der Waals surface area contributed by atoms with Crippen LogP contribution in [-0.2, 0) is 33.9 Å². The molecule has 11 heteroatoms. The Morgan fingerprint density at radius 3 is 2.30 bits per heavy atom. The molecule has 4 saturated carbocycles. The summed E-state index contributed by atoms with van der Waals surface area (Å²) in [6, 6.07) is 6.67. The Bertz CT molecular complexity index is 890. The predicted octanol–water partition coefficient (Wildman–Crippen LogP) is 4.75. The van der Waals surface area contributed by atoms with Crippen LogP contribution in [0.2, 0.25) is 0 Å². The first-order valence-corrected chi connectivity index (χ1v) is 14.6. The number of hydrogen-bond donors (Lipinski definition) is 0. The van der Waals surface area contributed by atoms with Gasteiger partial charge in [-0.05, 0) is 87.0 Å². The number of thioether (sulfide) groups is 1. The molecule has 4 bridgehead atoms. The van der Waals surface area contributed by atoms with Crippen LogP contribution < -0.4 is 4.18 Å². The van der Waals surface area contributed by atoms with Crippen molar-refractivity contribution < 1.29 is 36.4 Å². The predicted molar refractivity (Wildman–Crippen MR) is 125 cm³/mol. The first-order valence-electron chi connectivity index (χ1n) is 11.1. The average Bonchev–Trinajstić information content (AvgIpc) is 2.76. The number of carbonyl (C=O) groups excluding carboxylic acids is 1. The lowest BCUT2D eigenvalue weighted by atomic mass is 9.50. The van der Waals surface area contributed by atoms with E-state index in [0.29, 0.717) is 36.1 Å². The molecule has 0 radical (unpaired) electrons. The summed E-state index contributed by atoms with van der Waals surface area (Å²) in [7, 11) is -2.62. The molecule has 1 aromatic rings. The molecule has 184 valence electrons. The molecular weight excluding hydrogens is 488 g/mol. The number of ether oxygens (including phenoxy) is 1. The quantitative estimate of drug-likeness (QED) is 0.0733. The Morgan fingerprint density at radius 2 is 1.70 bits per heavy atom. The maximum absolute atomic E-state index is 12.6. The van der Waals surface area contributed by atoms with E-state index in [9.17, 15) is 13.2 Å². The number of benzene rings is 1. The molecule has 4 aliphatic rings. The molecule has 0 spiro atoms. The number of carbonyl (C=O) groups is 1. The van der Waals surface area contributed by atoms with Gasteiger partial charge in [-0.3, -0.25) is 4.79 Å². The zero-order valence-electron chi connectivity index (χ0n) is 18.8. The molecule has 0 amide bonds. The first-order chi connectivity index (χ1) is 15.8. The van der Waals surface area contributed by atoms with Crippen LogP contribution in [0, 0.1) is 23.7 Å². The second kappa shape index (κ2) is 10.7. The minimum Gasteiger partial charge on any atom is -0.459 e. The third kappa shape index (κ3) is 6.37. The zero-order valence-corrected chi connectivity index (χ0v) is 21.2. The van der Waals surface area contributed by atoms with E-state index in [1.54, 1.807) is 24.3 Å². The van der Waals surface area contributed by atoms with Gasteiger partial charge < -0.3 is 8.92 Å². The molecule has 8 nitrogen and oxygen atoms in total. The van der Waals surface area contributed by atoms with Crippen LogP contribution in [0.4, 0.5) is 0 Å². The van der Waals surface area contributed by atoms with E-state index in [0.717, 1.165) is 16.7 Å². The fourth-order valence-electron chi connectivity index (χ4n) is 5.72. The number of esters is 1. The van der Waals surface area contributed by atoms with Crippen molar-refractivity contribution in [2.24, 2.45) is 23.7 Å². The second-order valence-corrected chi connectivity index (χ2v) is 13.0. The molecule has 0 unspecified atom stereocenters. The summed E-state index contributed by atoms with van der Waals surface area (Å²) in [4.78, 5) is 17.7. The van der Waals surface area contributed by atoms with E-state index < -0.39 is 15.2 Å². The Kier molecular flexibility index (Phi) is 8.18. The van der Waals surface area contributed by atoms with Gasteiger partial charge in [-0.25, -0.2) is 4.89 Å². The minimum absolute atomic E-state index is 0.124. The van der Waals surface area contributed by atoms with Crippen LogP contribution in [0.5, 0.6) is 5.75 Å². The van der Waals surface area contributed by atoms with Gasteiger partial charge in [0.2, 0.25) is 0 Å². The number of hydrogen-bond acceptors (Lipinski definition) is 10. The fraction of sp³-hybridized carbons (Fsp3) is 0.682. The van der Waals surface area contributed by atoms with Gasteiger partial charge in [0.25, 0.3) is 0 Å². The van der Waals surface area contributed by atoms with E-state index in [4.69, 9.17) is 8.92 Å². The smallest absolute Gasteiger partial charge is 0.321 e. The van der Waals surface area contributed by atoms with Crippen LogP contribution in [-0.4, -0.2) is 37.9 Å². The third-order valence-electron chi connectivity index (χ3n) is 7.05. The highest BCUT2D eigenvalue weighted by Gasteiger charge is 2.56. The summed E-state index contributed by atoms with van der Waals surface area (Å²) in [6.07, 6.45) is 6.56. The normalized spacial score (nSPS) is 30.4. The summed E-state index contributed by atoms with van der Waals surface area (Å²) >= 11 is 2.06. The van der Waals surface area contributed by atoms with Crippen LogP contribution in [0.25, 0.3) is 0 Å². The van der Waals surface area contributed by atoms with E-state index >= 15 is 0 Å². The van der Waals surface area contributed by atoms with Crippen molar-refractivity contribution in [3.8, 4) is 5.75 Å². The lowest BCUT2D eigenvalue weighted by Crippen LogP contribution is -2.58. The lowest BCUT2D eigenvalue weighted by molar-refractivity contribution is -0.447. The summed E-state index contributed by atoms with van der Waals surface area (Å²) in [6.45, 7) is 2.16. The van der Waals surface area contributed by atoms with Gasteiger partial charge in [-0.1, -0.05) is 5.04 Å². The summed E-state index contributed by atoms with van der Waals surface area (Å²) in [5.41, 5.74) is -0.293. The van der Waals surface area contributed by atoms with Crippen molar-refractivity contribution in [3.05, 3.63) is 24.3 Å². The third-order valence-corrected chi connectivity index (χ3v) is 10.2. The van der Waals surface area contributed by atoms with Crippen molar-refractivity contribution in [1.82, 2.24) is 0 Å². The van der Waals surface area contributed by atoms with Gasteiger partial charge in [0, 0.05) is 10.6 Å². The van der Waals surface area contributed by atoms with Crippen molar-refractivity contribution >= 4 is 39.9 Å². The molecule has 4 fully saturated rings. The average molecular weight is 519 g/mol. The molecule has 0 heterocycles. The Hall–Kier alpha value is -0.980. The van der Waals surface area contributed by atoms with Crippen molar-refractivity contribution in [1.29, 1.82) is 0 Å². The van der Waals surface area contributed by atoms with Crippen LogP contribution in [0.15, 0.2) is 29.2 Å². The van der Waals surface area contributed by atoms with Crippen molar-refractivity contribution in [3.63, 3.8) is 0 Å². The maximum atomic E-state index is 12.6. The highest BCUT2D eigenvalue weighted by molar-refractivity contribution is 8.08. The van der Waals surface area contributed by atoms with E-state index in [2.05, 4.69) is 21.2 Å². The van der Waals surface area contributed by atoms with Crippen molar-refractivity contribution in [2.45, 2.75) is 55.9 Å². The Balaban J connectivity index is 1.19. The highest BCUT2D eigenvalue weighted by Crippen LogP contribution is 2.59. The monoisotopic (exact) mass is 518 g/mol. The molecule has 1 aromatic carbocycles. The Morgan fingerprint density at radius 1 is 1.06 bits per heavy atom. The van der Waals surface area contributed by atoms with E-state index in [1.807, 2.05) is 0 Å². The van der Waals surface area contributed by atoms with Crippen molar-refractivity contribution in [2.75, 3.05) is 17.9 Å². The van der Waals surface area contributed by atoms with Crippen LogP contribution in [0.3, 0.4) is 0 Å². The molecule has 4 aliphatic carbocycles. The largest absolute Gasteiger partial charge is 0.459 e. The molecule has 0 N–H and O–H groups in total. The fourth-order valence-corrected chi connectivity index (χ4v) is 7.88. The topological polar surface area (TPSA) is 97.4 Å². The van der Waals surface area contributed by atoms with Gasteiger partial charge in [-0.2, -0.15) is 8.42 Å².